The van der Waals surface area contributed by atoms with Crippen molar-refractivity contribution in [1.29, 1.82) is 0 Å². The van der Waals surface area contributed by atoms with Gasteiger partial charge in [0.25, 0.3) is 5.91 Å². The van der Waals surface area contributed by atoms with E-state index < -0.39 is 17.6 Å². The van der Waals surface area contributed by atoms with E-state index in [1.54, 1.807) is 60.7 Å². The zero-order valence-corrected chi connectivity index (χ0v) is 26.8. The van der Waals surface area contributed by atoms with Crippen LogP contribution in [0.4, 0.5) is 5.69 Å². The van der Waals surface area contributed by atoms with E-state index in [4.69, 9.17) is 34.6 Å². The van der Waals surface area contributed by atoms with Crippen LogP contribution in [0.1, 0.15) is 40.3 Å². The number of amides is 1. The molecule has 2 aliphatic rings. The summed E-state index contributed by atoms with van der Waals surface area (Å²) in [6, 6.07) is 26.7. The van der Waals surface area contributed by atoms with Gasteiger partial charge in [-0.15, -0.1) is 0 Å². The first-order valence-electron chi connectivity index (χ1n) is 15.8. The van der Waals surface area contributed by atoms with Crippen molar-refractivity contribution >= 4 is 17.5 Å². The van der Waals surface area contributed by atoms with Crippen LogP contribution in [0.2, 0.25) is 0 Å². The first-order valence-corrected chi connectivity index (χ1v) is 15.8. The third-order valence-corrected chi connectivity index (χ3v) is 8.21. The normalized spacial score (nSPS) is 17.1. The molecule has 0 radical (unpaired) electrons. The molecule has 0 fully saturated rings. The number of fused-ring (bicyclic) bond motifs is 1. The third kappa shape index (κ3) is 7.41. The van der Waals surface area contributed by atoms with Crippen LogP contribution in [-0.2, 0) is 29.0 Å². The first-order chi connectivity index (χ1) is 24.5. The van der Waals surface area contributed by atoms with Crippen LogP contribution in [0.15, 0.2) is 106 Å². The van der Waals surface area contributed by atoms with E-state index in [0.29, 0.717) is 58.2 Å². The van der Waals surface area contributed by atoms with E-state index in [2.05, 4.69) is 30.9 Å². The summed E-state index contributed by atoms with van der Waals surface area (Å²) in [7, 11) is 0. The molecular weight excluding hydrogens is 642 g/mol. The van der Waals surface area contributed by atoms with Crippen LogP contribution < -0.4 is 25.1 Å². The van der Waals surface area contributed by atoms with Gasteiger partial charge in [-0.05, 0) is 69.7 Å². The molecule has 0 bridgehead atoms. The molecule has 15 heteroatoms. The number of carbonyl (C=O) groups is 1. The van der Waals surface area contributed by atoms with Crippen LogP contribution in [-0.4, -0.2) is 42.5 Å². The quantitative estimate of drug-likeness (QED) is 0.0433. The van der Waals surface area contributed by atoms with Crippen molar-refractivity contribution in [3.63, 3.8) is 0 Å². The number of rotatable bonds is 15. The van der Waals surface area contributed by atoms with Crippen molar-refractivity contribution in [1.82, 2.24) is 10.9 Å². The van der Waals surface area contributed by atoms with Crippen molar-refractivity contribution in [3.8, 4) is 17.2 Å². The summed E-state index contributed by atoms with van der Waals surface area (Å²) in [6.45, 7) is 0.775. The molecule has 3 N–H and O–H groups in total. The van der Waals surface area contributed by atoms with Crippen molar-refractivity contribution in [3.05, 3.63) is 140 Å². The fourth-order valence-electron chi connectivity index (χ4n) is 5.78. The predicted octanol–water partition coefficient (Wildman–Crippen LogP) is 6.25. The lowest BCUT2D eigenvalue weighted by Gasteiger charge is -2.32. The van der Waals surface area contributed by atoms with Crippen molar-refractivity contribution in [2.24, 2.45) is 15.2 Å². The van der Waals surface area contributed by atoms with Crippen LogP contribution in [0.25, 0.3) is 20.9 Å². The minimum absolute atomic E-state index is 0.0110. The second-order valence-electron chi connectivity index (χ2n) is 11.4. The Morgan fingerprint density at radius 3 is 2.56 bits per heavy atom. The topological polar surface area (TPSA) is 208 Å². The van der Waals surface area contributed by atoms with E-state index >= 15 is 0 Å². The molecule has 4 aromatic rings. The number of aliphatic hydroxyl groups is 1. The average Bonchev–Trinajstić information content (AvgIpc) is 3.77. The van der Waals surface area contributed by atoms with Crippen molar-refractivity contribution < 1.29 is 28.8 Å². The van der Waals surface area contributed by atoms with Crippen LogP contribution in [0, 0.1) is 0 Å². The number of hydrogen-bond donors (Lipinski definition) is 3. The Kier molecular flexibility index (Phi) is 10.6. The molecule has 4 aromatic carbocycles. The van der Waals surface area contributed by atoms with Gasteiger partial charge in [-0.25, -0.2) is 10.4 Å². The molecule has 0 aromatic heterocycles. The smallest absolute Gasteiger partial charge is 0.266 e. The minimum Gasteiger partial charge on any atom is -0.494 e. The third-order valence-electron chi connectivity index (χ3n) is 8.21. The number of ether oxygens (including phenoxy) is 4. The molecule has 50 heavy (non-hydrogen) atoms. The predicted molar refractivity (Wildman–Crippen MR) is 183 cm³/mol. The molecule has 0 saturated carbocycles. The lowest BCUT2D eigenvalue weighted by atomic mass is 9.80. The summed E-state index contributed by atoms with van der Waals surface area (Å²) < 4.78 is 23.2. The molecule has 0 spiro atoms. The van der Waals surface area contributed by atoms with Gasteiger partial charge in [0.15, 0.2) is 23.1 Å². The summed E-state index contributed by atoms with van der Waals surface area (Å²) in [5.74, 6) is 1.53. The lowest BCUT2D eigenvalue weighted by molar-refractivity contribution is -0.130. The number of azide groups is 2. The zero-order valence-electron chi connectivity index (χ0n) is 26.8. The summed E-state index contributed by atoms with van der Waals surface area (Å²) in [5, 5.41) is 16.8. The number of benzene rings is 4. The van der Waals surface area contributed by atoms with Gasteiger partial charge in [0.2, 0.25) is 12.7 Å². The van der Waals surface area contributed by atoms with Gasteiger partial charge in [-0.2, -0.15) is 0 Å². The molecule has 0 saturated heterocycles. The van der Waals surface area contributed by atoms with E-state index in [1.807, 2.05) is 30.3 Å². The highest BCUT2D eigenvalue weighted by molar-refractivity contribution is 6.01. The largest absolute Gasteiger partial charge is 0.494 e. The maximum atomic E-state index is 14.7. The molecule has 2 aliphatic heterocycles. The minimum atomic E-state index is -1.65. The fraction of sp³-hybridized carbons (Fsp3) is 0.257. The fourth-order valence-corrected chi connectivity index (χ4v) is 5.78. The Labute approximate surface area is 286 Å². The average molecular weight is 676 g/mol. The molecule has 6 rings (SSSR count). The number of hydrogen-bond acceptors (Lipinski definition) is 10. The molecule has 2 atom stereocenters. The van der Waals surface area contributed by atoms with Gasteiger partial charge >= 0.3 is 0 Å². The standard InChI is InChI=1S/C35H33N9O6/c36-43-39-21-26-7-1-3-8-28(26)32-35(19-25-6-2-4-9-29(25)41-44-37,34(46)42-38-20-23-10-15-30-31(18-23)49-22-48-30)40-33(50-32)24-11-13-27(14-12-24)47-17-5-16-45/h1-4,6-15,18,32,38,45H,5,16-17,19-22H2,(H,42,46)/t32-,35-/m0/s1. The number of hydrazine groups is 1. The van der Waals surface area contributed by atoms with E-state index in [0.717, 1.165) is 5.56 Å². The molecule has 15 nitrogen and oxygen atoms in total. The highest BCUT2D eigenvalue weighted by atomic mass is 16.7. The monoisotopic (exact) mass is 675 g/mol. The number of aliphatic imine (C=N–C) groups is 1. The lowest BCUT2D eigenvalue weighted by Crippen LogP contribution is -2.53. The van der Waals surface area contributed by atoms with Gasteiger partial charge in [0, 0.05) is 47.1 Å². The van der Waals surface area contributed by atoms with Gasteiger partial charge in [0.05, 0.1) is 13.2 Å². The van der Waals surface area contributed by atoms with Crippen molar-refractivity contribution in [2.45, 2.75) is 37.6 Å². The van der Waals surface area contributed by atoms with E-state index in [9.17, 15) is 10.3 Å². The Bertz CT molecular complexity index is 1980. The molecule has 1 amide bonds. The second-order valence-corrected chi connectivity index (χ2v) is 11.4. The van der Waals surface area contributed by atoms with Crippen LogP contribution in [0.5, 0.6) is 17.2 Å². The molecule has 0 aliphatic carbocycles. The van der Waals surface area contributed by atoms with Gasteiger partial charge < -0.3 is 24.1 Å². The number of carbonyl (C=O) groups excluding carboxylic acids is 1. The Morgan fingerprint density at radius 2 is 1.76 bits per heavy atom. The van der Waals surface area contributed by atoms with Gasteiger partial charge in [0.1, 0.15) is 5.75 Å². The number of nitrogens with zero attached hydrogens (tertiary/aromatic N) is 7. The van der Waals surface area contributed by atoms with E-state index in [-0.39, 0.29) is 38.8 Å². The Hall–Kier alpha value is -6.24. The summed E-state index contributed by atoms with van der Waals surface area (Å²) in [4.78, 5) is 25.6. The number of nitrogens with one attached hydrogen (secondary N) is 2. The number of aliphatic hydroxyl groups excluding tert-OH is 1. The zero-order chi connectivity index (χ0) is 34.8. The van der Waals surface area contributed by atoms with E-state index in [1.165, 1.54) is 0 Å². The SMILES string of the molecule is [N-]=[N+]=NCc1ccccc1[C@@H]1OC(c2ccc(OCCCO)cc2)=N[C@]1(Cc1ccccc1N=[N+]=[N-])C(=O)NNCc1ccc2c(c1)OCO2. The van der Waals surface area contributed by atoms with Gasteiger partial charge in [-0.3, -0.25) is 10.2 Å². The molecule has 0 unspecified atom stereocenters. The van der Waals surface area contributed by atoms with Gasteiger partial charge in [-0.1, -0.05) is 64.8 Å². The Morgan fingerprint density at radius 1 is 0.980 bits per heavy atom. The highest BCUT2D eigenvalue weighted by Crippen LogP contribution is 2.45. The molecule has 254 valence electrons. The summed E-state index contributed by atoms with van der Waals surface area (Å²) >= 11 is 0. The Balaban J connectivity index is 1.41. The molecule has 2 heterocycles. The van der Waals surface area contributed by atoms with Crippen molar-refractivity contribution in [2.75, 3.05) is 20.0 Å². The highest BCUT2D eigenvalue weighted by Gasteiger charge is 2.54. The van der Waals surface area contributed by atoms with Crippen LogP contribution >= 0.6 is 0 Å². The molecular formula is C35H33N9O6. The second kappa shape index (κ2) is 15.8. The maximum Gasteiger partial charge on any atom is 0.266 e. The maximum absolute atomic E-state index is 14.7. The summed E-state index contributed by atoms with van der Waals surface area (Å²) in [5.41, 5.74) is 26.2. The first kappa shape index (κ1) is 33.7. The van der Waals surface area contributed by atoms with Crippen LogP contribution in [0.3, 0.4) is 0 Å². The summed E-state index contributed by atoms with van der Waals surface area (Å²) in [6.07, 6.45) is -0.535.